The van der Waals surface area contributed by atoms with Crippen LogP contribution in [-0.4, -0.2) is 5.11 Å². The zero-order valence-electron chi connectivity index (χ0n) is 7.10. The summed E-state index contributed by atoms with van der Waals surface area (Å²) in [6.07, 6.45) is 0. The molecule has 1 rings (SSSR count). The van der Waals surface area contributed by atoms with Crippen LogP contribution in [0.15, 0.2) is 12.1 Å². The van der Waals surface area contributed by atoms with Crippen molar-refractivity contribution in [3.63, 3.8) is 0 Å². The highest BCUT2D eigenvalue weighted by atomic mass is 127. The third-order valence-electron chi connectivity index (χ3n) is 1.78. The molecule has 3 heteroatoms. The van der Waals surface area contributed by atoms with Crippen LogP contribution in [0.2, 0.25) is 0 Å². The Labute approximate surface area is 86.2 Å². The van der Waals surface area contributed by atoms with Gasteiger partial charge in [0.15, 0.2) is 23.0 Å². The quantitative estimate of drug-likeness (QED) is 0.842. The maximum atomic E-state index is 8.91. The van der Waals surface area contributed by atoms with Crippen molar-refractivity contribution in [2.45, 2.75) is 20.5 Å². The van der Waals surface area contributed by atoms with Gasteiger partial charge in [0.1, 0.15) is 5.75 Å². The fourth-order valence-corrected chi connectivity index (χ4v) is 1.95. The first-order valence-electron chi connectivity index (χ1n) is 3.68. The zero-order chi connectivity index (χ0) is 9.14. The number of benzene rings is 1. The second-order valence-corrected chi connectivity index (χ2v) is 3.23. The molecule has 0 spiro atoms. The third kappa shape index (κ3) is 1.90. The molecule has 12 heavy (non-hydrogen) atoms. The number of rotatable bonds is 2. The number of aryl methyl sites for hydroxylation is 2. The highest BCUT2D eigenvalue weighted by Crippen LogP contribution is 2.26. The molecule has 1 aromatic carbocycles. The van der Waals surface area contributed by atoms with E-state index in [1.165, 1.54) is 0 Å². The summed E-state index contributed by atoms with van der Waals surface area (Å²) in [5, 5.41) is 8.91. The molecule has 0 fully saturated rings. The van der Waals surface area contributed by atoms with Crippen molar-refractivity contribution in [3.8, 4) is 5.75 Å². The van der Waals surface area contributed by atoms with E-state index in [4.69, 9.17) is 8.17 Å². The fourth-order valence-electron chi connectivity index (χ4n) is 1.25. The summed E-state index contributed by atoms with van der Waals surface area (Å²) in [5.74, 6) is 0.896. The van der Waals surface area contributed by atoms with Crippen molar-refractivity contribution >= 4 is 23.0 Å². The van der Waals surface area contributed by atoms with E-state index in [1.54, 1.807) is 0 Å². The summed E-state index contributed by atoms with van der Waals surface area (Å²) in [6, 6.07) is 3.86. The van der Waals surface area contributed by atoms with Crippen LogP contribution in [0, 0.1) is 13.8 Å². The van der Waals surface area contributed by atoms with Gasteiger partial charge in [0, 0.05) is 0 Å². The molecule has 0 saturated heterocycles. The van der Waals surface area contributed by atoms with Gasteiger partial charge < -0.3 is 8.17 Å². The Bertz CT molecular complexity index is 261. The van der Waals surface area contributed by atoms with Gasteiger partial charge in [-0.3, -0.25) is 0 Å². The lowest BCUT2D eigenvalue weighted by Crippen LogP contribution is -1.90. The smallest absolute Gasteiger partial charge is 0.192 e. The summed E-state index contributed by atoms with van der Waals surface area (Å²) in [7, 11) is 0. The Balaban J connectivity index is 3.18. The molecular formula is C9H11IO2. The van der Waals surface area contributed by atoms with Crippen LogP contribution < -0.4 is 3.07 Å². The van der Waals surface area contributed by atoms with Crippen molar-refractivity contribution in [3.05, 3.63) is 28.8 Å². The minimum atomic E-state index is 0.0865. The lowest BCUT2D eigenvalue weighted by atomic mass is 10.1. The molecule has 0 radical (unpaired) electrons. The van der Waals surface area contributed by atoms with E-state index in [2.05, 4.69) is 0 Å². The molecule has 0 aliphatic carbocycles. The first-order chi connectivity index (χ1) is 5.69. The van der Waals surface area contributed by atoms with Gasteiger partial charge in [-0.1, -0.05) is 12.1 Å². The Morgan fingerprint density at radius 1 is 1.33 bits per heavy atom. The van der Waals surface area contributed by atoms with Gasteiger partial charge in [0.2, 0.25) is 0 Å². The Morgan fingerprint density at radius 2 is 1.83 bits per heavy atom. The summed E-state index contributed by atoms with van der Waals surface area (Å²) in [6.45, 7) is 4.03. The predicted molar refractivity (Wildman–Crippen MR) is 56.5 cm³/mol. The summed E-state index contributed by atoms with van der Waals surface area (Å²) < 4.78 is 5.16. The van der Waals surface area contributed by atoms with E-state index in [0.29, 0.717) is 0 Å². The van der Waals surface area contributed by atoms with Crippen molar-refractivity contribution in [2.24, 2.45) is 0 Å². The Morgan fingerprint density at radius 3 is 2.17 bits per heavy atom. The van der Waals surface area contributed by atoms with Crippen LogP contribution in [0.25, 0.3) is 0 Å². The minimum absolute atomic E-state index is 0.0865. The molecular weight excluding hydrogens is 267 g/mol. The van der Waals surface area contributed by atoms with E-state index < -0.39 is 0 Å². The summed E-state index contributed by atoms with van der Waals surface area (Å²) >= 11 is 1.87. The normalized spacial score (nSPS) is 10.0. The highest BCUT2D eigenvalue weighted by Gasteiger charge is 2.04. The van der Waals surface area contributed by atoms with Crippen LogP contribution in [0.3, 0.4) is 0 Å². The molecule has 0 aliphatic heterocycles. The van der Waals surface area contributed by atoms with Crippen LogP contribution >= 0.6 is 23.0 Å². The number of aliphatic hydroxyl groups excluding tert-OH is 1. The van der Waals surface area contributed by atoms with Crippen molar-refractivity contribution in [1.29, 1.82) is 0 Å². The molecule has 0 heterocycles. The van der Waals surface area contributed by atoms with Gasteiger partial charge in [0.25, 0.3) is 0 Å². The zero-order valence-corrected chi connectivity index (χ0v) is 9.25. The molecule has 2 nitrogen and oxygen atoms in total. The molecule has 0 bridgehead atoms. The summed E-state index contributed by atoms with van der Waals surface area (Å²) in [4.78, 5) is 0. The standard InChI is InChI=1S/C9H11IO2/c1-6-3-8(5-11)4-7(2)9(6)12-10/h3-4,11H,5H2,1-2H3. The van der Waals surface area contributed by atoms with Gasteiger partial charge in [-0.25, -0.2) is 0 Å². The molecule has 0 aliphatic rings. The van der Waals surface area contributed by atoms with Crippen LogP contribution in [0.5, 0.6) is 5.75 Å². The van der Waals surface area contributed by atoms with Crippen molar-refractivity contribution in [2.75, 3.05) is 0 Å². The van der Waals surface area contributed by atoms with Gasteiger partial charge in [-0.05, 0) is 30.5 Å². The van der Waals surface area contributed by atoms with Gasteiger partial charge in [-0.2, -0.15) is 0 Å². The summed E-state index contributed by atoms with van der Waals surface area (Å²) in [5.41, 5.74) is 3.06. The molecule has 0 saturated carbocycles. The SMILES string of the molecule is Cc1cc(CO)cc(C)c1OI. The van der Waals surface area contributed by atoms with E-state index in [9.17, 15) is 0 Å². The first kappa shape index (κ1) is 9.80. The molecule has 0 atom stereocenters. The molecule has 66 valence electrons. The van der Waals surface area contributed by atoms with Crippen molar-refractivity contribution < 1.29 is 8.17 Å². The number of aliphatic hydroxyl groups is 1. The second kappa shape index (κ2) is 4.09. The Kier molecular flexibility index (Phi) is 3.34. The van der Waals surface area contributed by atoms with E-state index >= 15 is 0 Å². The predicted octanol–water partition coefficient (Wildman–Crippen LogP) is 2.52. The lowest BCUT2D eigenvalue weighted by Gasteiger charge is -2.07. The number of hydrogen-bond acceptors (Lipinski definition) is 2. The average Bonchev–Trinajstić information content (AvgIpc) is 2.03. The maximum absolute atomic E-state index is 8.91. The van der Waals surface area contributed by atoms with Gasteiger partial charge >= 0.3 is 0 Å². The number of hydrogen-bond donors (Lipinski definition) is 1. The second-order valence-electron chi connectivity index (χ2n) is 2.79. The lowest BCUT2D eigenvalue weighted by molar-refractivity contribution is 0.281. The fraction of sp³-hybridized carbons (Fsp3) is 0.333. The monoisotopic (exact) mass is 278 g/mol. The molecule has 0 unspecified atom stereocenters. The van der Waals surface area contributed by atoms with E-state index in [1.807, 2.05) is 49.0 Å². The van der Waals surface area contributed by atoms with Crippen LogP contribution in [0.1, 0.15) is 16.7 Å². The van der Waals surface area contributed by atoms with Crippen LogP contribution in [-0.2, 0) is 6.61 Å². The first-order valence-corrected chi connectivity index (χ1v) is 4.56. The molecule has 1 aromatic rings. The topological polar surface area (TPSA) is 29.5 Å². The van der Waals surface area contributed by atoms with Crippen molar-refractivity contribution in [1.82, 2.24) is 0 Å². The van der Waals surface area contributed by atoms with Gasteiger partial charge in [-0.15, -0.1) is 0 Å². The van der Waals surface area contributed by atoms with E-state index in [-0.39, 0.29) is 6.61 Å². The average molecular weight is 278 g/mol. The Hall–Kier alpha value is -0.290. The van der Waals surface area contributed by atoms with E-state index in [0.717, 1.165) is 22.4 Å². The largest absolute Gasteiger partial charge is 0.427 e. The highest BCUT2D eigenvalue weighted by molar-refractivity contribution is 14.1. The van der Waals surface area contributed by atoms with Gasteiger partial charge in [0.05, 0.1) is 6.61 Å². The maximum Gasteiger partial charge on any atom is 0.192 e. The number of halogens is 1. The molecule has 0 amide bonds. The molecule has 0 aromatic heterocycles. The minimum Gasteiger partial charge on any atom is -0.427 e. The third-order valence-corrected chi connectivity index (χ3v) is 2.22. The van der Waals surface area contributed by atoms with Crippen LogP contribution in [0.4, 0.5) is 0 Å². The molecule has 1 N–H and O–H groups in total.